The number of ether oxygens (including phenoxy) is 1. The smallest absolute Gasteiger partial charge is 0.152 e. The summed E-state index contributed by atoms with van der Waals surface area (Å²) in [5, 5.41) is 0.920. The van der Waals surface area contributed by atoms with Gasteiger partial charge in [0.25, 0.3) is 0 Å². The summed E-state index contributed by atoms with van der Waals surface area (Å²) in [6.07, 6.45) is 0.900. The quantitative estimate of drug-likeness (QED) is 0.690. The number of carbonyl (C=O) groups is 1. The van der Waals surface area contributed by atoms with Crippen LogP contribution in [0, 0.1) is 0 Å². The first kappa shape index (κ1) is 13.9. The van der Waals surface area contributed by atoms with E-state index in [9.17, 15) is 4.79 Å². The predicted octanol–water partition coefficient (Wildman–Crippen LogP) is 4.81. The molecule has 0 fully saturated rings. The maximum atomic E-state index is 11.5. The molecule has 0 amide bonds. The van der Waals surface area contributed by atoms with Gasteiger partial charge in [-0.05, 0) is 55.0 Å². The fourth-order valence-electron chi connectivity index (χ4n) is 2.42. The topological polar surface area (TPSA) is 42.1 Å². The maximum absolute atomic E-state index is 11.5. The summed E-state index contributed by atoms with van der Waals surface area (Å²) in [5.74, 6) is 0.827. The number of aromatic amines is 1. The van der Waals surface area contributed by atoms with E-state index in [4.69, 9.17) is 4.74 Å². The Bertz CT molecular complexity index is 790. The maximum Gasteiger partial charge on any atom is 0.152 e. The molecule has 0 atom stereocenters. The number of H-pyrrole nitrogens is 1. The summed E-state index contributed by atoms with van der Waals surface area (Å²) in [6.45, 7) is 2.59. The van der Waals surface area contributed by atoms with Crippen LogP contribution in [0.5, 0.6) is 5.75 Å². The van der Waals surface area contributed by atoms with E-state index in [2.05, 4.69) is 20.9 Å². The average Bonchev–Trinajstić information content (AvgIpc) is 2.86. The lowest BCUT2D eigenvalue weighted by atomic mass is 10.1. The summed E-state index contributed by atoms with van der Waals surface area (Å²) >= 11 is 3.44. The number of fused-ring (bicyclic) bond motifs is 1. The van der Waals surface area contributed by atoms with Gasteiger partial charge < -0.3 is 9.72 Å². The lowest BCUT2D eigenvalue weighted by molar-refractivity contribution is 0.112. The van der Waals surface area contributed by atoms with Crippen LogP contribution in [0.3, 0.4) is 0 Å². The van der Waals surface area contributed by atoms with Crippen LogP contribution in [0.2, 0.25) is 0 Å². The van der Waals surface area contributed by atoms with Gasteiger partial charge in [-0.25, -0.2) is 0 Å². The molecule has 1 N–H and O–H groups in total. The van der Waals surface area contributed by atoms with Crippen molar-refractivity contribution in [2.24, 2.45) is 0 Å². The van der Waals surface area contributed by atoms with Gasteiger partial charge in [0.2, 0.25) is 0 Å². The van der Waals surface area contributed by atoms with Crippen LogP contribution < -0.4 is 4.74 Å². The van der Waals surface area contributed by atoms with Gasteiger partial charge in [-0.15, -0.1) is 0 Å². The molecule has 0 aliphatic heterocycles. The van der Waals surface area contributed by atoms with E-state index in [-0.39, 0.29) is 0 Å². The monoisotopic (exact) mass is 343 g/mol. The summed E-state index contributed by atoms with van der Waals surface area (Å²) in [4.78, 5) is 14.8. The number of nitrogens with one attached hydrogen (secondary N) is 1. The SMILES string of the molecule is CCOc1ccc(-c2[nH]c3ccc(Br)cc3c2C=O)cc1. The molecule has 0 saturated heterocycles. The number of hydrogen-bond acceptors (Lipinski definition) is 2. The Labute approximate surface area is 131 Å². The zero-order valence-corrected chi connectivity index (χ0v) is 13.1. The van der Waals surface area contributed by atoms with E-state index in [1.165, 1.54) is 0 Å². The Morgan fingerprint density at radius 2 is 1.95 bits per heavy atom. The summed E-state index contributed by atoms with van der Waals surface area (Å²) in [6, 6.07) is 13.6. The molecule has 0 bridgehead atoms. The Morgan fingerprint density at radius 3 is 2.62 bits per heavy atom. The number of halogens is 1. The van der Waals surface area contributed by atoms with Crippen molar-refractivity contribution in [2.75, 3.05) is 6.61 Å². The number of aromatic nitrogens is 1. The van der Waals surface area contributed by atoms with Crippen LogP contribution in [0.15, 0.2) is 46.9 Å². The fraction of sp³-hybridized carbons (Fsp3) is 0.118. The van der Waals surface area contributed by atoms with E-state index in [1.54, 1.807) is 0 Å². The standard InChI is InChI=1S/C17H14BrNO2/c1-2-21-13-6-3-11(4-7-13)17-15(10-20)14-9-12(18)5-8-16(14)19-17/h3-10,19H,2H2,1H3. The van der Waals surface area contributed by atoms with Crippen molar-refractivity contribution in [3.63, 3.8) is 0 Å². The molecule has 0 saturated carbocycles. The van der Waals surface area contributed by atoms with Gasteiger partial charge in [-0.2, -0.15) is 0 Å². The highest BCUT2D eigenvalue weighted by molar-refractivity contribution is 9.10. The lowest BCUT2D eigenvalue weighted by Gasteiger charge is -2.04. The molecule has 3 aromatic rings. The molecule has 0 aliphatic carbocycles. The first-order valence-corrected chi connectivity index (χ1v) is 7.52. The third-order valence-electron chi connectivity index (χ3n) is 3.37. The van der Waals surface area contributed by atoms with Crippen LogP contribution in [-0.4, -0.2) is 17.9 Å². The van der Waals surface area contributed by atoms with Crippen molar-refractivity contribution in [1.82, 2.24) is 4.98 Å². The summed E-state index contributed by atoms with van der Waals surface area (Å²) < 4.78 is 6.40. The fourth-order valence-corrected chi connectivity index (χ4v) is 2.78. The largest absolute Gasteiger partial charge is 0.494 e. The average molecular weight is 344 g/mol. The van der Waals surface area contributed by atoms with Gasteiger partial charge in [0, 0.05) is 20.9 Å². The molecule has 4 heteroatoms. The van der Waals surface area contributed by atoms with Crippen molar-refractivity contribution >= 4 is 33.1 Å². The first-order chi connectivity index (χ1) is 10.2. The van der Waals surface area contributed by atoms with Crippen LogP contribution >= 0.6 is 15.9 Å². The second-order valence-corrected chi connectivity index (χ2v) is 5.59. The molecule has 0 spiro atoms. The van der Waals surface area contributed by atoms with Crippen LogP contribution in [0.25, 0.3) is 22.2 Å². The summed E-state index contributed by atoms with van der Waals surface area (Å²) in [7, 11) is 0. The number of carbonyl (C=O) groups excluding carboxylic acids is 1. The van der Waals surface area contributed by atoms with Gasteiger partial charge in [0.15, 0.2) is 6.29 Å². The third-order valence-corrected chi connectivity index (χ3v) is 3.87. The van der Waals surface area contributed by atoms with E-state index in [0.29, 0.717) is 12.2 Å². The molecule has 0 radical (unpaired) electrons. The number of hydrogen-bond donors (Lipinski definition) is 1. The number of benzene rings is 2. The van der Waals surface area contributed by atoms with Gasteiger partial charge in [0.1, 0.15) is 5.75 Å². The minimum atomic E-state index is 0.638. The molecule has 1 aromatic heterocycles. The zero-order chi connectivity index (χ0) is 14.8. The Kier molecular flexibility index (Phi) is 3.80. The van der Waals surface area contributed by atoms with Gasteiger partial charge in [0.05, 0.1) is 12.3 Å². The highest BCUT2D eigenvalue weighted by Crippen LogP contribution is 2.31. The van der Waals surface area contributed by atoms with Crippen LogP contribution in [0.4, 0.5) is 0 Å². The minimum Gasteiger partial charge on any atom is -0.494 e. The predicted molar refractivity (Wildman–Crippen MR) is 88.0 cm³/mol. The summed E-state index contributed by atoms with van der Waals surface area (Å²) in [5.41, 5.74) is 3.42. The molecular formula is C17H14BrNO2. The molecular weight excluding hydrogens is 330 g/mol. The number of rotatable bonds is 4. The number of aldehydes is 1. The third kappa shape index (κ3) is 2.59. The highest BCUT2D eigenvalue weighted by atomic mass is 79.9. The van der Waals surface area contributed by atoms with E-state index in [0.717, 1.165) is 38.7 Å². The molecule has 1 heterocycles. The normalized spacial score (nSPS) is 10.8. The molecule has 106 valence electrons. The Morgan fingerprint density at radius 1 is 1.19 bits per heavy atom. The zero-order valence-electron chi connectivity index (χ0n) is 11.5. The molecule has 0 unspecified atom stereocenters. The molecule has 21 heavy (non-hydrogen) atoms. The lowest BCUT2D eigenvalue weighted by Crippen LogP contribution is -1.91. The van der Waals surface area contributed by atoms with Gasteiger partial charge >= 0.3 is 0 Å². The minimum absolute atomic E-state index is 0.638. The van der Waals surface area contributed by atoms with Crippen molar-refractivity contribution in [3.05, 3.63) is 52.5 Å². The second-order valence-electron chi connectivity index (χ2n) is 4.68. The van der Waals surface area contributed by atoms with Crippen LogP contribution in [-0.2, 0) is 0 Å². The molecule has 3 rings (SSSR count). The molecule has 3 nitrogen and oxygen atoms in total. The molecule has 0 aliphatic rings. The van der Waals surface area contributed by atoms with Crippen molar-refractivity contribution in [3.8, 4) is 17.0 Å². The van der Waals surface area contributed by atoms with Crippen molar-refractivity contribution in [2.45, 2.75) is 6.92 Å². The van der Waals surface area contributed by atoms with Crippen LogP contribution in [0.1, 0.15) is 17.3 Å². The van der Waals surface area contributed by atoms with E-state index < -0.39 is 0 Å². The van der Waals surface area contributed by atoms with Crippen molar-refractivity contribution < 1.29 is 9.53 Å². The van der Waals surface area contributed by atoms with E-state index in [1.807, 2.05) is 49.4 Å². The van der Waals surface area contributed by atoms with E-state index >= 15 is 0 Å². The Balaban J connectivity index is 2.13. The second kappa shape index (κ2) is 5.74. The Hall–Kier alpha value is -2.07. The van der Waals surface area contributed by atoms with Gasteiger partial charge in [-0.3, -0.25) is 4.79 Å². The molecule has 2 aromatic carbocycles. The van der Waals surface area contributed by atoms with Crippen molar-refractivity contribution in [1.29, 1.82) is 0 Å². The van der Waals surface area contributed by atoms with Gasteiger partial charge in [-0.1, -0.05) is 15.9 Å². The first-order valence-electron chi connectivity index (χ1n) is 6.72. The highest BCUT2D eigenvalue weighted by Gasteiger charge is 2.12.